The van der Waals surface area contributed by atoms with Gasteiger partial charge in [0.1, 0.15) is 0 Å². The van der Waals surface area contributed by atoms with Crippen molar-refractivity contribution in [3.05, 3.63) is 20.8 Å². The first-order chi connectivity index (χ1) is 6.74. The number of thioether (sulfide) groups is 1. The molecule has 0 unspecified atom stereocenters. The van der Waals surface area contributed by atoms with Gasteiger partial charge in [-0.3, -0.25) is 0 Å². The highest BCUT2D eigenvalue weighted by atomic mass is 79.9. The third kappa shape index (κ3) is 2.75. The molecule has 0 bridgehead atoms. The van der Waals surface area contributed by atoms with Crippen molar-refractivity contribution < 1.29 is 0 Å². The molecule has 1 aromatic rings. The molecule has 1 aliphatic rings. The van der Waals surface area contributed by atoms with E-state index in [2.05, 4.69) is 39.6 Å². The van der Waals surface area contributed by atoms with Crippen molar-refractivity contribution in [2.45, 2.75) is 24.1 Å². The van der Waals surface area contributed by atoms with Crippen LogP contribution in [-0.4, -0.2) is 17.5 Å². The molecule has 4 heteroatoms. The van der Waals surface area contributed by atoms with E-state index in [1.165, 1.54) is 21.5 Å². The van der Waals surface area contributed by atoms with Crippen LogP contribution in [0.1, 0.15) is 17.7 Å². The maximum absolute atomic E-state index is 3.54. The zero-order valence-electron chi connectivity index (χ0n) is 8.18. The summed E-state index contributed by atoms with van der Waals surface area (Å²) in [5.41, 5.74) is 0. The monoisotopic (exact) mass is 291 g/mol. The van der Waals surface area contributed by atoms with Crippen LogP contribution in [0.4, 0.5) is 0 Å². The van der Waals surface area contributed by atoms with Crippen LogP contribution in [0.5, 0.6) is 0 Å². The standard InChI is InChI=1S/C10H14BrNS2/c1-13-10(4-5-10)7-12-6-8-2-3-9(11)14-8/h2-3,12H,4-7H2,1H3. The summed E-state index contributed by atoms with van der Waals surface area (Å²) >= 11 is 7.30. The molecule has 0 amide bonds. The van der Waals surface area contributed by atoms with Crippen LogP contribution < -0.4 is 5.32 Å². The molecule has 78 valence electrons. The highest BCUT2D eigenvalue weighted by Crippen LogP contribution is 2.46. The third-order valence-corrected chi connectivity index (χ3v) is 5.66. The Morgan fingerprint density at radius 2 is 2.36 bits per heavy atom. The molecular weight excluding hydrogens is 278 g/mol. The van der Waals surface area contributed by atoms with Gasteiger partial charge in [-0.15, -0.1) is 11.3 Å². The minimum Gasteiger partial charge on any atom is -0.310 e. The third-order valence-electron chi connectivity index (χ3n) is 2.62. The molecule has 1 aliphatic carbocycles. The molecule has 0 saturated heterocycles. The number of halogens is 1. The highest BCUT2D eigenvalue weighted by molar-refractivity contribution is 9.11. The minimum absolute atomic E-state index is 0.578. The Morgan fingerprint density at radius 1 is 1.57 bits per heavy atom. The summed E-state index contributed by atoms with van der Waals surface area (Å²) < 4.78 is 1.80. The van der Waals surface area contributed by atoms with Gasteiger partial charge in [0.25, 0.3) is 0 Å². The van der Waals surface area contributed by atoms with Crippen molar-refractivity contribution in [1.82, 2.24) is 5.32 Å². The Labute approximate surface area is 102 Å². The quantitative estimate of drug-likeness (QED) is 0.891. The van der Waals surface area contributed by atoms with E-state index in [-0.39, 0.29) is 0 Å². The second-order valence-corrected chi connectivity index (χ2v) is 7.52. The second kappa shape index (κ2) is 4.56. The fourth-order valence-electron chi connectivity index (χ4n) is 1.45. The predicted octanol–water partition coefficient (Wildman–Crippen LogP) is 3.50. The minimum atomic E-state index is 0.578. The molecule has 1 saturated carbocycles. The van der Waals surface area contributed by atoms with Gasteiger partial charge in [0, 0.05) is 22.7 Å². The first-order valence-electron chi connectivity index (χ1n) is 4.74. The van der Waals surface area contributed by atoms with Crippen LogP contribution in [-0.2, 0) is 6.54 Å². The summed E-state index contributed by atoms with van der Waals surface area (Å²) in [5.74, 6) is 0. The van der Waals surface area contributed by atoms with E-state index in [4.69, 9.17) is 0 Å². The zero-order valence-corrected chi connectivity index (χ0v) is 11.4. The van der Waals surface area contributed by atoms with E-state index < -0.39 is 0 Å². The Morgan fingerprint density at radius 3 is 2.86 bits per heavy atom. The number of nitrogens with one attached hydrogen (secondary N) is 1. The first-order valence-corrected chi connectivity index (χ1v) is 7.58. The lowest BCUT2D eigenvalue weighted by Crippen LogP contribution is -2.24. The number of hydrogen-bond acceptors (Lipinski definition) is 3. The molecule has 1 nitrogen and oxygen atoms in total. The SMILES string of the molecule is CSC1(CNCc2ccc(Br)s2)CC1. The lowest BCUT2D eigenvalue weighted by atomic mass is 10.4. The molecule has 0 spiro atoms. The second-order valence-electron chi connectivity index (χ2n) is 3.70. The molecule has 1 fully saturated rings. The average Bonchev–Trinajstić information content (AvgIpc) is 2.84. The van der Waals surface area contributed by atoms with Crippen LogP contribution in [0.3, 0.4) is 0 Å². The van der Waals surface area contributed by atoms with Gasteiger partial charge in [-0.25, -0.2) is 0 Å². The molecule has 0 aliphatic heterocycles. The van der Waals surface area contributed by atoms with E-state index in [0.29, 0.717) is 4.75 Å². The molecule has 0 aromatic carbocycles. The summed E-state index contributed by atoms with van der Waals surface area (Å²) in [6.45, 7) is 2.17. The fourth-order valence-corrected chi connectivity index (χ4v) is 3.66. The Kier molecular flexibility index (Phi) is 3.58. The molecule has 1 heterocycles. The molecule has 1 aromatic heterocycles. The van der Waals surface area contributed by atoms with Crippen LogP contribution in [0.15, 0.2) is 15.9 Å². The van der Waals surface area contributed by atoms with Crippen LogP contribution in [0.25, 0.3) is 0 Å². The van der Waals surface area contributed by atoms with Gasteiger partial charge < -0.3 is 5.32 Å². The zero-order chi connectivity index (χ0) is 10.0. The van der Waals surface area contributed by atoms with Crippen molar-refractivity contribution in [1.29, 1.82) is 0 Å². The smallest absolute Gasteiger partial charge is 0.0701 e. The van der Waals surface area contributed by atoms with E-state index >= 15 is 0 Å². The lowest BCUT2D eigenvalue weighted by molar-refractivity contribution is 0.669. The van der Waals surface area contributed by atoms with Gasteiger partial charge in [-0.2, -0.15) is 11.8 Å². The summed E-state index contributed by atoms with van der Waals surface area (Å²) in [6, 6.07) is 4.30. The van der Waals surface area contributed by atoms with Crippen LogP contribution in [0, 0.1) is 0 Å². The van der Waals surface area contributed by atoms with E-state index in [1.54, 1.807) is 0 Å². The molecule has 0 radical (unpaired) electrons. The lowest BCUT2D eigenvalue weighted by Gasteiger charge is -2.11. The molecular formula is C10H14BrNS2. The average molecular weight is 292 g/mol. The van der Waals surface area contributed by atoms with Crippen molar-refractivity contribution in [3.63, 3.8) is 0 Å². The maximum atomic E-state index is 3.54. The van der Waals surface area contributed by atoms with Crippen molar-refractivity contribution in [2.24, 2.45) is 0 Å². The summed E-state index contributed by atoms with van der Waals surface area (Å²) in [7, 11) is 0. The molecule has 14 heavy (non-hydrogen) atoms. The number of rotatable bonds is 5. The molecule has 1 N–H and O–H groups in total. The van der Waals surface area contributed by atoms with Gasteiger partial charge in [-0.1, -0.05) is 0 Å². The first kappa shape index (κ1) is 11.0. The van der Waals surface area contributed by atoms with Gasteiger partial charge >= 0.3 is 0 Å². The van der Waals surface area contributed by atoms with Crippen LogP contribution >= 0.6 is 39.0 Å². The van der Waals surface area contributed by atoms with Gasteiger partial charge in [0.05, 0.1) is 3.79 Å². The van der Waals surface area contributed by atoms with Gasteiger partial charge in [0.15, 0.2) is 0 Å². The fraction of sp³-hybridized carbons (Fsp3) is 0.600. The Hall–Kier alpha value is 0.490. The summed E-state index contributed by atoms with van der Waals surface area (Å²) in [5, 5.41) is 3.54. The number of thiophene rings is 1. The molecule has 0 atom stereocenters. The summed E-state index contributed by atoms with van der Waals surface area (Å²) in [6.07, 6.45) is 4.99. The maximum Gasteiger partial charge on any atom is 0.0701 e. The topological polar surface area (TPSA) is 12.0 Å². The predicted molar refractivity (Wildman–Crippen MR) is 69.2 cm³/mol. The van der Waals surface area contributed by atoms with Crippen molar-refractivity contribution >= 4 is 39.0 Å². The van der Waals surface area contributed by atoms with Gasteiger partial charge in [0.2, 0.25) is 0 Å². The summed E-state index contributed by atoms with van der Waals surface area (Å²) in [4.78, 5) is 1.41. The van der Waals surface area contributed by atoms with E-state index in [1.807, 2.05) is 23.1 Å². The van der Waals surface area contributed by atoms with E-state index in [9.17, 15) is 0 Å². The van der Waals surface area contributed by atoms with Crippen LogP contribution in [0.2, 0.25) is 0 Å². The highest BCUT2D eigenvalue weighted by Gasteiger charge is 2.41. The normalized spacial score (nSPS) is 18.4. The Bertz CT molecular complexity index is 307. The Balaban J connectivity index is 1.73. The van der Waals surface area contributed by atoms with Crippen molar-refractivity contribution in [3.8, 4) is 0 Å². The van der Waals surface area contributed by atoms with Crippen molar-refractivity contribution in [2.75, 3.05) is 12.8 Å². The number of hydrogen-bond donors (Lipinski definition) is 1. The molecule has 2 rings (SSSR count). The largest absolute Gasteiger partial charge is 0.310 e. The van der Waals surface area contributed by atoms with Gasteiger partial charge in [-0.05, 0) is 47.2 Å². The van der Waals surface area contributed by atoms with E-state index in [0.717, 1.165) is 13.1 Å².